The molecule has 0 aliphatic carbocycles. The molecule has 116 valence electrons. The molecule has 2 aromatic heterocycles. The van der Waals surface area contributed by atoms with Crippen LogP contribution in [0.25, 0.3) is 0 Å². The molecule has 22 heavy (non-hydrogen) atoms. The van der Waals surface area contributed by atoms with E-state index in [0.717, 1.165) is 48.6 Å². The van der Waals surface area contributed by atoms with E-state index in [1.54, 1.807) is 6.20 Å². The van der Waals surface area contributed by atoms with Crippen LogP contribution in [0.15, 0.2) is 30.6 Å². The maximum atomic E-state index is 4.60. The van der Waals surface area contributed by atoms with Gasteiger partial charge in [0.15, 0.2) is 0 Å². The summed E-state index contributed by atoms with van der Waals surface area (Å²) in [5, 5.41) is 3.37. The predicted octanol–water partition coefficient (Wildman–Crippen LogP) is 3.03. The van der Waals surface area contributed by atoms with Crippen LogP contribution < -0.4 is 10.2 Å². The van der Waals surface area contributed by atoms with Gasteiger partial charge in [-0.2, -0.15) is 0 Å². The van der Waals surface area contributed by atoms with Gasteiger partial charge >= 0.3 is 0 Å². The second kappa shape index (κ2) is 6.73. The first-order chi connectivity index (χ1) is 10.7. The van der Waals surface area contributed by atoms with Crippen LogP contribution in [0.3, 0.4) is 0 Å². The van der Waals surface area contributed by atoms with Crippen LogP contribution >= 0.6 is 0 Å². The number of nitrogens with zero attached hydrogens (tertiary/aromatic N) is 4. The van der Waals surface area contributed by atoms with E-state index in [4.69, 9.17) is 0 Å². The molecular formula is C17H23N5. The molecule has 3 rings (SSSR count). The molecule has 3 heterocycles. The number of nitrogens with one attached hydrogen (secondary N) is 1. The molecular weight excluding hydrogens is 274 g/mol. The Kier molecular flexibility index (Phi) is 4.51. The van der Waals surface area contributed by atoms with Gasteiger partial charge in [0.25, 0.3) is 0 Å². The fraction of sp³-hybridized carbons (Fsp3) is 0.471. The molecule has 0 spiro atoms. The molecule has 1 aliphatic heterocycles. The first-order valence-electron chi connectivity index (χ1n) is 7.94. The first-order valence-corrected chi connectivity index (χ1v) is 7.94. The summed E-state index contributed by atoms with van der Waals surface area (Å²) in [7, 11) is 0. The van der Waals surface area contributed by atoms with Crippen molar-refractivity contribution in [2.24, 2.45) is 5.92 Å². The standard InChI is InChI=1S/C17H23N5/c1-13-5-8-22(9-6-13)17-10-16(20-14(2)21-17)19-12-15-4-3-7-18-11-15/h3-4,7,10-11,13H,5-6,8-9,12H2,1-2H3,(H,19,20,21). The van der Waals surface area contributed by atoms with Crippen molar-refractivity contribution in [1.29, 1.82) is 0 Å². The molecule has 1 N–H and O–H groups in total. The van der Waals surface area contributed by atoms with Gasteiger partial charge in [-0.3, -0.25) is 4.98 Å². The van der Waals surface area contributed by atoms with E-state index >= 15 is 0 Å². The zero-order valence-corrected chi connectivity index (χ0v) is 13.3. The van der Waals surface area contributed by atoms with Gasteiger partial charge in [0.2, 0.25) is 0 Å². The molecule has 0 atom stereocenters. The summed E-state index contributed by atoms with van der Waals surface area (Å²) in [4.78, 5) is 15.6. The van der Waals surface area contributed by atoms with E-state index in [-0.39, 0.29) is 0 Å². The van der Waals surface area contributed by atoms with E-state index in [2.05, 4.69) is 44.2 Å². The molecule has 0 amide bonds. The lowest BCUT2D eigenvalue weighted by Crippen LogP contribution is -2.33. The zero-order chi connectivity index (χ0) is 15.4. The maximum absolute atomic E-state index is 4.60. The van der Waals surface area contributed by atoms with Crippen LogP contribution in [0.2, 0.25) is 0 Å². The van der Waals surface area contributed by atoms with E-state index < -0.39 is 0 Å². The molecule has 0 saturated carbocycles. The maximum Gasteiger partial charge on any atom is 0.134 e. The molecule has 5 heteroatoms. The molecule has 0 bridgehead atoms. The van der Waals surface area contributed by atoms with Crippen molar-refractivity contribution >= 4 is 11.6 Å². The lowest BCUT2D eigenvalue weighted by Gasteiger charge is -2.31. The van der Waals surface area contributed by atoms with Crippen molar-refractivity contribution in [3.8, 4) is 0 Å². The first kappa shape index (κ1) is 14.8. The summed E-state index contributed by atoms with van der Waals surface area (Å²) in [6, 6.07) is 6.06. The molecule has 0 unspecified atom stereocenters. The Morgan fingerprint density at radius 2 is 2.09 bits per heavy atom. The summed E-state index contributed by atoms with van der Waals surface area (Å²) in [5.41, 5.74) is 1.15. The number of hydrogen-bond donors (Lipinski definition) is 1. The number of hydrogen-bond acceptors (Lipinski definition) is 5. The molecule has 1 aliphatic rings. The molecule has 0 aromatic carbocycles. The van der Waals surface area contributed by atoms with Gasteiger partial charge in [-0.15, -0.1) is 0 Å². The number of piperidine rings is 1. The number of pyridine rings is 1. The summed E-state index contributed by atoms with van der Waals surface area (Å²) in [6.07, 6.45) is 6.13. The summed E-state index contributed by atoms with van der Waals surface area (Å²) in [5.74, 6) is 3.55. The average Bonchev–Trinajstić information content (AvgIpc) is 2.54. The van der Waals surface area contributed by atoms with E-state index in [9.17, 15) is 0 Å². The van der Waals surface area contributed by atoms with Crippen molar-refractivity contribution in [3.63, 3.8) is 0 Å². The SMILES string of the molecule is Cc1nc(NCc2cccnc2)cc(N2CCC(C)CC2)n1. The Morgan fingerprint density at radius 3 is 2.82 bits per heavy atom. The highest BCUT2D eigenvalue weighted by atomic mass is 15.2. The van der Waals surface area contributed by atoms with Crippen molar-refractivity contribution in [2.45, 2.75) is 33.2 Å². The van der Waals surface area contributed by atoms with Gasteiger partial charge in [-0.1, -0.05) is 13.0 Å². The summed E-state index contributed by atoms with van der Waals surface area (Å²) in [6.45, 7) is 7.16. The largest absolute Gasteiger partial charge is 0.366 e. The van der Waals surface area contributed by atoms with Crippen molar-refractivity contribution in [3.05, 3.63) is 42.0 Å². The molecule has 1 fully saturated rings. The Balaban J connectivity index is 1.70. The third-order valence-corrected chi connectivity index (χ3v) is 4.13. The third kappa shape index (κ3) is 3.72. The normalized spacial score (nSPS) is 15.8. The second-order valence-electron chi connectivity index (χ2n) is 6.04. The Morgan fingerprint density at radius 1 is 1.27 bits per heavy atom. The highest BCUT2D eigenvalue weighted by Gasteiger charge is 2.17. The third-order valence-electron chi connectivity index (χ3n) is 4.13. The van der Waals surface area contributed by atoms with E-state index in [1.165, 1.54) is 12.8 Å². The van der Waals surface area contributed by atoms with Crippen LogP contribution in [0.1, 0.15) is 31.2 Å². The Bertz CT molecular complexity index is 606. The average molecular weight is 297 g/mol. The van der Waals surface area contributed by atoms with Crippen LogP contribution in [0.4, 0.5) is 11.6 Å². The van der Waals surface area contributed by atoms with Gasteiger partial charge in [0.1, 0.15) is 17.5 Å². The summed E-state index contributed by atoms with van der Waals surface area (Å²) >= 11 is 0. The fourth-order valence-corrected chi connectivity index (χ4v) is 2.74. The summed E-state index contributed by atoms with van der Waals surface area (Å²) < 4.78 is 0. The van der Waals surface area contributed by atoms with Crippen LogP contribution in [-0.4, -0.2) is 28.0 Å². The van der Waals surface area contributed by atoms with Crippen molar-refractivity contribution < 1.29 is 0 Å². The lowest BCUT2D eigenvalue weighted by molar-refractivity contribution is 0.436. The van der Waals surface area contributed by atoms with Crippen molar-refractivity contribution in [2.75, 3.05) is 23.3 Å². The molecule has 0 radical (unpaired) electrons. The van der Waals surface area contributed by atoms with Crippen molar-refractivity contribution in [1.82, 2.24) is 15.0 Å². The topological polar surface area (TPSA) is 53.9 Å². The number of aromatic nitrogens is 3. The molecule has 2 aromatic rings. The number of anilines is 2. The minimum atomic E-state index is 0.723. The smallest absolute Gasteiger partial charge is 0.134 e. The van der Waals surface area contributed by atoms with Gasteiger partial charge in [0, 0.05) is 38.1 Å². The van der Waals surface area contributed by atoms with Crippen LogP contribution in [0, 0.1) is 12.8 Å². The number of aryl methyl sites for hydroxylation is 1. The van der Waals surface area contributed by atoms with Crippen LogP contribution in [0.5, 0.6) is 0 Å². The minimum Gasteiger partial charge on any atom is -0.366 e. The molecule has 5 nitrogen and oxygen atoms in total. The van der Waals surface area contributed by atoms with Crippen LogP contribution in [-0.2, 0) is 6.54 Å². The fourth-order valence-electron chi connectivity index (χ4n) is 2.74. The quantitative estimate of drug-likeness (QED) is 0.940. The monoisotopic (exact) mass is 297 g/mol. The van der Waals surface area contributed by atoms with Gasteiger partial charge in [-0.25, -0.2) is 9.97 Å². The lowest BCUT2D eigenvalue weighted by atomic mass is 9.99. The van der Waals surface area contributed by atoms with E-state index in [0.29, 0.717) is 0 Å². The zero-order valence-electron chi connectivity index (χ0n) is 13.3. The molecule has 1 saturated heterocycles. The highest BCUT2D eigenvalue weighted by molar-refractivity contribution is 5.49. The predicted molar refractivity (Wildman–Crippen MR) is 88.9 cm³/mol. The van der Waals surface area contributed by atoms with Gasteiger partial charge in [0.05, 0.1) is 0 Å². The van der Waals surface area contributed by atoms with Gasteiger partial charge < -0.3 is 10.2 Å². The minimum absolute atomic E-state index is 0.723. The highest BCUT2D eigenvalue weighted by Crippen LogP contribution is 2.23. The van der Waals surface area contributed by atoms with Gasteiger partial charge in [-0.05, 0) is 37.3 Å². The Hall–Kier alpha value is -2.17. The Labute approximate surface area is 131 Å². The number of rotatable bonds is 4. The van der Waals surface area contributed by atoms with E-state index in [1.807, 2.05) is 19.2 Å². The second-order valence-corrected chi connectivity index (χ2v) is 6.04.